The normalized spacial score (nSPS) is 10.2. The zero-order chi connectivity index (χ0) is 13.1. The number of halogens is 2. The summed E-state index contributed by atoms with van der Waals surface area (Å²) in [6.45, 7) is 1.89. The molecule has 0 fully saturated rings. The van der Waals surface area contributed by atoms with Crippen molar-refractivity contribution >= 4 is 23.2 Å². The fourth-order valence-electron chi connectivity index (χ4n) is 1.58. The predicted octanol–water partition coefficient (Wildman–Crippen LogP) is 4.04. The van der Waals surface area contributed by atoms with Gasteiger partial charge in [0.15, 0.2) is 5.82 Å². The van der Waals surface area contributed by atoms with Crippen molar-refractivity contribution in [2.24, 2.45) is 0 Å². The molecule has 92 valence electrons. The van der Waals surface area contributed by atoms with Gasteiger partial charge in [0.05, 0.1) is 10.7 Å². The average Bonchev–Trinajstić information content (AvgIpc) is 2.35. The average molecular weight is 264 g/mol. The van der Waals surface area contributed by atoms with Crippen LogP contribution in [0.25, 0.3) is 0 Å². The standard InChI is InChI=1S/C14H11ClFNO/c1-9-4-2-5-10(8-9)14(18)17-12-7-3-6-11(15)13(12)16/h2-8H,1H3,(H,17,18). The third-order valence-electron chi connectivity index (χ3n) is 2.48. The van der Waals surface area contributed by atoms with E-state index >= 15 is 0 Å². The molecule has 0 spiro atoms. The maximum Gasteiger partial charge on any atom is 0.255 e. The maximum absolute atomic E-state index is 13.6. The van der Waals surface area contributed by atoms with E-state index in [9.17, 15) is 9.18 Å². The molecule has 0 aliphatic heterocycles. The van der Waals surface area contributed by atoms with Crippen molar-refractivity contribution in [3.63, 3.8) is 0 Å². The molecule has 4 heteroatoms. The largest absolute Gasteiger partial charge is 0.319 e. The molecule has 0 aromatic heterocycles. The first-order chi connectivity index (χ1) is 8.58. The van der Waals surface area contributed by atoms with Gasteiger partial charge in [-0.05, 0) is 31.2 Å². The van der Waals surface area contributed by atoms with Crippen LogP contribution in [0.3, 0.4) is 0 Å². The molecule has 0 aliphatic rings. The second-order valence-corrected chi connectivity index (χ2v) is 4.33. The van der Waals surface area contributed by atoms with Crippen LogP contribution in [0.5, 0.6) is 0 Å². The Balaban J connectivity index is 2.24. The van der Waals surface area contributed by atoms with Gasteiger partial charge in [-0.2, -0.15) is 0 Å². The number of carbonyl (C=O) groups excluding carboxylic acids is 1. The van der Waals surface area contributed by atoms with E-state index in [1.165, 1.54) is 12.1 Å². The van der Waals surface area contributed by atoms with Crippen molar-refractivity contribution in [2.45, 2.75) is 6.92 Å². The fourth-order valence-corrected chi connectivity index (χ4v) is 1.76. The van der Waals surface area contributed by atoms with Gasteiger partial charge < -0.3 is 5.32 Å². The number of carbonyl (C=O) groups is 1. The van der Waals surface area contributed by atoms with E-state index in [0.29, 0.717) is 5.56 Å². The van der Waals surface area contributed by atoms with E-state index in [0.717, 1.165) is 5.56 Å². The number of hydrogen-bond donors (Lipinski definition) is 1. The lowest BCUT2D eigenvalue weighted by Gasteiger charge is -2.07. The van der Waals surface area contributed by atoms with Gasteiger partial charge in [0, 0.05) is 5.56 Å². The van der Waals surface area contributed by atoms with E-state index in [1.807, 2.05) is 13.0 Å². The molecule has 2 rings (SSSR count). The van der Waals surface area contributed by atoms with Crippen LogP contribution in [0, 0.1) is 12.7 Å². The van der Waals surface area contributed by atoms with Crippen LogP contribution in [0.2, 0.25) is 5.02 Å². The Morgan fingerprint density at radius 2 is 1.94 bits per heavy atom. The van der Waals surface area contributed by atoms with Crippen molar-refractivity contribution in [3.05, 3.63) is 64.4 Å². The fraction of sp³-hybridized carbons (Fsp3) is 0.0714. The maximum atomic E-state index is 13.6. The predicted molar refractivity (Wildman–Crippen MR) is 70.5 cm³/mol. The van der Waals surface area contributed by atoms with Gasteiger partial charge >= 0.3 is 0 Å². The van der Waals surface area contributed by atoms with Gasteiger partial charge in [-0.3, -0.25) is 4.79 Å². The highest BCUT2D eigenvalue weighted by molar-refractivity contribution is 6.31. The summed E-state index contributed by atoms with van der Waals surface area (Å²) in [4.78, 5) is 11.9. The van der Waals surface area contributed by atoms with Gasteiger partial charge in [0.25, 0.3) is 5.91 Å². The van der Waals surface area contributed by atoms with Gasteiger partial charge in [-0.1, -0.05) is 35.4 Å². The van der Waals surface area contributed by atoms with Crippen LogP contribution in [0.15, 0.2) is 42.5 Å². The van der Waals surface area contributed by atoms with Gasteiger partial charge in [-0.25, -0.2) is 4.39 Å². The molecule has 0 aliphatic carbocycles. The molecule has 0 saturated carbocycles. The number of aryl methyl sites for hydroxylation is 1. The summed E-state index contributed by atoms with van der Waals surface area (Å²) in [5.41, 5.74) is 1.53. The Morgan fingerprint density at radius 1 is 1.22 bits per heavy atom. The van der Waals surface area contributed by atoms with E-state index in [2.05, 4.69) is 5.32 Å². The molecule has 0 radical (unpaired) electrons. The molecule has 1 amide bonds. The summed E-state index contributed by atoms with van der Waals surface area (Å²) < 4.78 is 13.6. The summed E-state index contributed by atoms with van der Waals surface area (Å²) in [5.74, 6) is -0.986. The van der Waals surface area contributed by atoms with Crippen molar-refractivity contribution in [3.8, 4) is 0 Å². The summed E-state index contributed by atoms with van der Waals surface area (Å²) in [5, 5.41) is 2.48. The Labute approximate surface area is 109 Å². The third-order valence-corrected chi connectivity index (χ3v) is 2.77. The smallest absolute Gasteiger partial charge is 0.255 e. The lowest BCUT2D eigenvalue weighted by molar-refractivity contribution is 0.102. The van der Waals surface area contributed by atoms with Gasteiger partial charge in [-0.15, -0.1) is 0 Å². The van der Waals surface area contributed by atoms with Gasteiger partial charge in [0.2, 0.25) is 0 Å². The Morgan fingerprint density at radius 3 is 2.67 bits per heavy atom. The minimum Gasteiger partial charge on any atom is -0.319 e. The van der Waals surface area contributed by atoms with Crippen LogP contribution in [-0.4, -0.2) is 5.91 Å². The highest BCUT2D eigenvalue weighted by atomic mass is 35.5. The molecule has 18 heavy (non-hydrogen) atoms. The van der Waals surface area contributed by atoms with Crippen molar-refractivity contribution in [1.82, 2.24) is 0 Å². The van der Waals surface area contributed by atoms with E-state index in [-0.39, 0.29) is 16.6 Å². The minimum atomic E-state index is -0.625. The topological polar surface area (TPSA) is 29.1 Å². The highest BCUT2D eigenvalue weighted by Crippen LogP contribution is 2.22. The molecule has 0 bridgehead atoms. The van der Waals surface area contributed by atoms with Crippen LogP contribution >= 0.6 is 11.6 Å². The number of nitrogens with one attached hydrogen (secondary N) is 1. The number of benzene rings is 2. The molecule has 0 unspecified atom stereocenters. The number of anilines is 1. The second-order valence-electron chi connectivity index (χ2n) is 3.92. The van der Waals surface area contributed by atoms with Crippen molar-refractivity contribution in [1.29, 1.82) is 0 Å². The Kier molecular flexibility index (Phi) is 3.63. The minimum absolute atomic E-state index is 0.0166. The number of hydrogen-bond acceptors (Lipinski definition) is 1. The van der Waals surface area contributed by atoms with Crippen molar-refractivity contribution in [2.75, 3.05) is 5.32 Å². The SMILES string of the molecule is Cc1cccc(C(=O)Nc2cccc(Cl)c2F)c1. The lowest BCUT2D eigenvalue weighted by Crippen LogP contribution is -2.13. The third kappa shape index (κ3) is 2.68. The molecule has 0 saturated heterocycles. The first-order valence-corrected chi connectivity index (χ1v) is 5.78. The molecule has 0 atom stereocenters. The summed E-state index contributed by atoms with van der Waals surface area (Å²) in [6.07, 6.45) is 0. The number of amides is 1. The highest BCUT2D eigenvalue weighted by Gasteiger charge is 2.11. The monoisotopic (exact) mass is 263 g/mol. The first kappa shape index (κ1) is 12.6. The lowest BCUT2D eigenvalue weighted by atomic mass is 10.1. The van der Waals surface area contributed by atoms with Crippen LogP contribution in [-0.2, 0) is 0 Å². The summed E-state index contributed by atoms with van der Waals surface area (Å²) in [6, 6.07) is 11.5. The molecular weight excluding hydrogens is 253 g/mol. The summed E-state index contributed by atoms with van der Waals surface area (Å²) in [7, 11) is 0. The van der Waals surface area contributed by atoms with Crippen LogP contribution < -0.4 is 5.32 Å². The molecule has 2 nitrogen and oxygen atoms in total. The zero-order valence-corrected chi connectivity index (χ0v) is 10.5. The molecule has 2 aromatic rings. The Bertz CT molecular complexity index is 598. The van der Waals surface area contributed by atoms with Gasteiger partial charge in [0.1, 0.15) is 0 Å². The van der Waals surface area contributed by atoms with Crippen molar-refractivity contribution < 1.29 is 9.18 Å². The van der Waals surface area contributed by atoms with E-state index in [1.54, 1.807) is 24.3 Å². The quantitative estimate of drug-likeness (QED) is 0.870. The summed E-state index contributed by atoms with van der Waals surface area (Å²) >= 11 is 5.64. The van der Waals surface area contributed by atoms with E-state index < -0.39 is 5.82 Å². The van der Waals surface area contributed by atoms with E-state index in [4.69, 9.17) is 11.6 Å². The van der Waals surface area contributed by atoms with Crippen LogP contribution in [0.1, 0.15) is 15.9 Å². The molecular formula is C14H11ClFNO. The molecule has 2 aromatic carbocycles. The first-order valence-electron chi connectivity index (χ1n) is 5.40. The molecule has 0 heterocycles. The van der Waals surface area contributed by atoms with Crippen LogP contribution in [0.4, 0.5) is 10.1 Å². The molecule has 1 N–H and O–H groups in total. The number of rotatable bonds is 2. The Hall–Kier alpha value is -1.87. The zero-order valence-electron chi connectivity index (χ0n) is 9.71. The second kappa shape index (κ2) is 5.19.